The van der Waals surface area contributed by atoms with Gasteiger partial charge >= 0.3 is 0 Å². The Bertz CT molecular complexity index is 378. The lowest BCUT2D eigenvalue weighted by atomic mass is 9.89. The highest BCUT2D eigenvalue weighted by molar-refractivity contribution is 5.37. The smallest absolute Gasteiger partial charge is 0.123 e. The summed E-state index contributed by atoms with van der Waals surface area (Å²) in [7, 11) is 1.58. The van der Waals surface area contributed by atoms with Gasteiger partial charge in [-0.15, -0.1) is 0 Å². The van der Waals surface area contributed by atoms with Crippen molar-refractivity contribution < 1.29 is 14.2 Å². The maximum Gasteiger partial charge on any atom is 0.123 e. The van der Waals surface area contributed by atoms with Gasteiger partial charge < -0.3 is 9.84 Å². The Kier molecular flexibility index (Phi) is 4.00. The molecule has 2 nitrogen and oxygen atoms in total. The lowest BCUT2D eigenvalue weighted by Gasteiger charge is -2.22. The number of hydrogen-bond donors (Lipinski definition) is 1. The average Bonchev–Trinajstić information content (AvgIpc) is 2.54. The first kappa shape index (κ1) is 12.4. The summed E-state index contributed by atoms with van der Waals surface area (Å²) in [4.78, 5) is 0. The SMILES string of the molecule is COc1ccc(F)cc1C1CCCCCC1O. The normalized spacial score (nSPS) is 25.4. The number of benzene rings is 1. The Morgan fingerprint density at radius 1 is 1.24 bits per heavy atom. The molecule has 3 heteroatoms. The zero-order valence-electron chi connectivity index (χ0n) is 10.2. The topological polar surface area (TPSA) is 29.5 Å². The van der Waals surface area contributed by atoms with Gasteiger partial charge in [0.15, 0.2) is 0 Å². The van der Waals surface area contributed by atoms with E-state index in [1.807, 2.05) is 0 Å². The van der Waals surface area contributed by atoms with Gasteiger partial charge in [-0.1, -0.05) is 19.3 Å². The highest BCUT2D eigenvalue weighted by Crippen LogP contribution is 2.37. The Morgan fingerprint density at radius 3 is 2.76 bits per heavy atom. The molecule has 1 N–H and O–H groups in total. The first-order valence-corrected chi connectivity index (χ1v) is 6.24. The van der Waals surface area contributed by atoms with E-state index in [1.54, 1.807) is 13.2 Å². The molecule has 0 heterocycles. The predicted octanol–water partition coefficient (Wildman–Crippen LogP) is 3.24. The van der Waals surface area contributed by atoms with Crippen molar-refractivity contribution in [2.45, 2.75) is 44.1 Å². The highest BCUT2D eigenvalue weighted by Gasteiger charge is 2.26. The number of aliphatic hydroxyl groups is 1. The van der Waals surface area contributed by atoms with Crippen LogP contribution in [0.4, 0.5) is 4.39 Å². The lowest BCUT2D eigenvalue weighted by Crippen LogP contribution is -2.17. The fourth-order valence-electron chi connectivity index (χ4n) is 2.65. The molecule has 0 aliphatic heterocycles. The fraction of sp³-hybridized carbons (Fsp3) is 0.571. The molecule has 1 aliphatic carbocycles. The molecule has 1 saturated carbocycles. The Balaban J connectivity index is 2.32. The van der Waals surface area contributed by atoms with Crippen LogP contribution in [0.3, 0.4) is 0 Å². The van der Waals surface area contributed by atoms with Crippen molar-refractivity contribution in [3.8, 4) is 5.75 Å². The summed E-state index contributed by atoms with van der Waals surface area (Å²) in [5.74, 6) is 0.415. The molecule has 0 radical (unpaired) electrons. The number of hydrogen-bond acceptors (Lipinski definition) is 2. The quantitative estimate of drug-likeness (QED) is 0.801. The summed E-state index contributed by atoms with van der Waals surface area (Å²) in [6.45, 7) is 0. The van der Waals surface area contributed by atoms with Gasteiger partial charge in [-0.3, -0.25) is 0 Å². The van der Waals surface area contributed by atoms with E-state index in [1.165, 1.54) is 12.1 Å². The molecule has 2 unspecified atom stereocenters. The molecule has 2 rings (SSSR count). The summed E-state index contributed by atoms with van der Waals surface area (Å²) in [6, 6.07) is 4.53. The zero-order chi connectivity index (χ0) is 12.3. The largest absolute Gasteiger partial charge is 0.496 e. The van der Waals surface area contributed by atoms with Gasteiger partial charge in [0.05, 0.1) is 13.2 Å². The van der Waals surface area contributed by atoms with E-state index in [9.17, 15) is 9.50 Å². The molecule has 2 atom stereocenters. The third kappa shape index (κ3) is 2.78. The van der Waals surface area contributed by atoms with E-state index in [-0.39, 0.29) is 17.8 Å². The summed E-state index contributed by atoms with van der Waals surface area (Å²) in [6.07, 6.45) is 4.60. The molecule has 0 spiro atoms. The second-order valence-electron chi connectivity index (χ2n) is 4.70. The van der Waals surface area contributed by atoms with Crippen molar-refractivity contribution in [2.24, 2.45) is 0 Å². The molecule has 0 aromatic heterocycles. The van der Waals surface area contributed by atoms with Crippen molar-refractivity contribution in [1.82, 2.24) is 0 Å². The van der Waals surface area contributed by atoms with Gasteiger partial charge in [-0.05, 0) is 31.0 Å². The molecular formula is C14H19FO2. The minimum Gasteiger partial charge on any atom is -0.496 e. The number of aliphatic hydroxyl groups excluding tert-OH is 1. The molecule has 0 bridgehead atoms. The summed E-state index contributed by atoms with van der Waals surface area (Å²) < 4.78 is 18.6. The van der Waals surface area contributed by atoms with Crippen molar-refractivity contribution >= 4 is 0 Å². The van der Waals surface area contributed by atoms with Crippen molar-refractivity contribution in [1.29, 1.82) is 0 Å². The van der Waals surface area contributed by atoms with Gasteiger partial charge in [0.2, 0.25) is 0 Å². The van der Waals surface area contributed by atoms with Crippen LogP contribution in [0, 0.1) is 5.82 Å². The van der Waals surface area contributed by atoms with Gasteiger partial charge in [0, 0.05) is 11.5 Å². The number of rotatable bonds is 2. The van der Waals surface area contributed by atoms with Crippen LogP contribution in [-0.2, 0) is 0 Å². The third-order valence-corrected chi connectivity index (χ3v) is 3.57. The summed E-state index contributed by atoms with van der Waals surface area (Å²) >= 11 is 0. The lowest BCUT2D eigenvalue weighted by molar-refractivity contribution is 0.134. The molecule has 0 saturated heterocycles. The average molecular weight is 238 g/mol. The maximum atomic E-state index is 13.3. The molecule has 1 aromatic carbocycles. The van der Waals surface area contributed by atoms with E-state index in [4.69, 9.17) is 4.74 Å². The van der Waals surface area contributed by atoms with Crippen molar-refractivity contribution in [2.75, 3.05) is 7.11 Å². The molecule has 1 aromatic rings. The number of methoxy groups -OCH3 is 1. The van der Waals surface area contributed by atoms with Crippen LogP contribution in [0.25, 0.3) is 0 Å². The highest BCUT2D eigenvalue weighted by atomic mass is 19.1. The second kappa shape index (κ2) is 5.50. The minimum atomic E-state index is -0.381. The van der Waals surface area contributed by atoms with Gasteiger partial charge in [0.25, 0.3) is 0 Å². The molecule has 1 aliphatic rings. The molecule has 17 heavy (non-hydrogen) atoms. The van der Waals surface area contributed by atoms with E-state index >= 15 is 0 Å². The third-order valence-electron chi connectivity index (χ3n) is 3.57. The monoisotopic (exact) mass is 238 g/mol. The maximum absolute atomic E-state index is 13.3. The van der Waals surface area contributed by atoms with Gasteiger partial charge in [-0.25, -0.2) is 4.39 Å². The van der Waals surface area contributed by atoms with Gasteiger partial charge in [0.1, 0.15) is 11.6 Å². The van der Waals surface area contributed by atoms with Crippen LogP contribution >= 0.6 is 0 Å². The van der Waals surface area contributed by atoms with Crippen LogP contribution in [-0.4, -0.2) is 18.3 Å². The van der Waals surface area contributed by atoms with E-state index in [2.05, 4.69) is 0 Å². The molecular weight excluding hydrogens is 219 g/mol. The van der Waals surface area contributed by atoms with Crippen molar-refractivity contribution in [3.05, 3.63) is 29.6 Å². The predicted molar refractivity (Wildman–Crippen MR) is 64.8 cm³/mol. The Morgan fingerprint density at radius 2 is 2.00 bits per heavy atom. The van der Waals surface area contributed by atoms with Crippen LogP contribution in [0.15, 0.2) is 18.2 Å². The Labute approximate surface area is 101 Å². The first-order valence-electron chi connectivity index (χ1n) is 6.24. The summed E-state index contributed by atoms with van der Waals surface area (Å²) in [5.41, 5.74) is 0.807. The standard InChI is InChI=1S/C14H19FO2/c1-17-14-8-7-10(15)9-12(14)11-5-3-2-4-6-13(11)16/h7-9,11,13,16H,2-6H2,1H3. The second-order valence-corrected chi connectivity index (χ2v) is 4.70. The first-order chi connectivity index (χ1) is 8.22. The van der Waals surface area contributed by atoms with Crippen molar-refractivity contribution in [3.63, 3.8) is 0 Å². The fourth-order valence-corrected chi connectivity index (χ4v) is 2.65. The van der Waals surface area contributed by atoms with E-state index < -0.39 is 0 Å². The van der Waals surface area contributed by atoms with Crippen LogP contribution in [0.5, 0.6) is 5.75 Å². The van der Waals surface area contributed by atoms with Crippen LogP contribution in [0.1, 0.15) is 43.6 Å². The summed E-state index contributed by atoms with van der Waals surface area (Å²) in [5, 5.41) is 10.1. The number of ether oxygens (including phenoxy) is 1. The van der Waals surface area contributed by atoms with Crippen LogP contribution in [0.2, 0.25) is 0 Å². The van der Waals surface area contributed by atoms with Gasteiger partial charge in [-0.2, -0.15) is 0 Å². The zero-order valence-corrected chi connectivity index (χ0v) is 10.2. The molecule has 94 valence electrons. The molecule has 0 amide bonds. The molecule has 1 fully saturated rings. The Hall–Kier alpha value is -1.09. The number of halogens is 1. The van der Waals surface area contributed by atoms with Crippen LogP contribution < -0.4 is 4.74 Å². The van der Waals surface area contributed by atoms with E-state index in [0.29, 0.717) is 5.75 Å². The van der Waals surface area contributed by atoms with E-state index in [0.717, 1.165) is 37.7 Å². The minimum absolute atomic E-state index is 0.00292.